The number of halogens is 3. The van der Waals surface area contributed by atoms with Crippen molar-refractivity contribution in [2.24, 2.45) is 0 Å². The summed E-state index contributed by atoms with van der Waals surface area (Å²) in [5.41, 5.74) is 0.802. The number of thiazole rings is 1. The number of nitrogens with one attached hydrogen (secondary N) is 1. The number of hydrogen-bond acceptors (Lipinski definition) is 3. The van der Waals surface area contributed by atoms with Gasteiger partial charge >= 0.3 is 6.18 Å². The van der Waals surface area contributed by atoms with Crippen molar-refractivity contribution < 1.29 is 13.2 Å². The normalized spacial score (nSPS) is 13.1. The van der Waals surface area contributed by atoms with Crippen LogP contribution in [0.5, 0.6) is 0 Å². The predicted octanol–water partition coefficient (Wildman–Crippen LogP) is 3.48. The van der Waals surface area contributed by atoms with Gasteiger partial charge in [-0.15, -0.1) is 11.3 Å². The van der Waals surface area contributed by atoms with Crippen molar-refractivity contribution in [1.82, 2.24) is 10.3 Å². The van der Waals surface area contributed by atoms with Gasteiger partial charge in [0.05, 0.1) is 17.1 Å². The summed E-state index contributed by atoms with van der Waals surface area (Å²) in [6.07, 6.45) is -4.89. The highest BCUT2D eigenvalue weighted by Gasteiger charge is 2.26. The van der Waals surface area contributed by atoms with Crippen LogP contribution < -0.4 is 5.32 Å². The molecule has 0 amide bonds. The molecule has 2 nitrogen and oxygen atoms in total. The lowest BCUT2D eigenvalue weighted by Gasteiger charge is -2.13. The molecule has 17 heavy (non-hydrogen) atoms. The quantitative estimate of drug-likeness (QED) is 0.844. The van der Waals surface area contributed by atoms with E-state index in [0.29, 0.717) is 6.54 Å². The van der Waals surface area contributed by atoms with Crippen LogP contribution in [0.4, 0.5) is 13.2 Å². The Labute approximate surface area is 103 Å². The zero-order valence-electron chi connectivity index (χ0n) is 10.2. The van der Waals surface area contributed by atoms with Gasteiger partial charge in [0, 0.05) is 23.9 Å². The van der Waals surface area contributed by atoms with E-state index >= 15 is 0 Å². The van der Waals surface area contributed by atoms with Crippen LogP contribution in [0.25, 0.3) is 0 Å². The Hall–Kier alpha value is -0.620. The first kappa shape index (κ1) is 14.4. The molecule has 0 atom stereocenters. The van der Waals surface area contributed by atoms with Gasteiger partial charge < -0.3 is 5.32 Å². The molecule has 0 spiro atoms. The molecule has 0 saturated carbocycles. The molecule has 1 rings (SSSR count). The van der Waals surface area contributed by atoms with Gasteiger partial charge in [-0.2, -0.15) is 13.2 Å². The summed E-state index contributed by atoms with van der Waals surface area (Å²) in [5.74, 6) is 0. The number of aromatic nitrogens is 1. The van der Waals surface area contributed by atoms with Crippen LogP contribution in [0.3, 0.4) is 0 Å². The zero-order valence-corrected chi connectivity index (χ0v) is 11.0. The lowest BCUT2D eigenvalue weighted by Crippen LogP contribution is -2.21. The second-order valence-electron chi connectivity index (χ2n) is 4.94. The van der Waals surface area contributed by atoms with Crippen LogP contribution in [-0.2, 0) is 12.0 Å². The molecule has 0 fully saturated rings. The molecule has 1 aromatic rings. The SMILES string of the molecule is CC(C)(C)c1nc(CNCCC(F)(F)F)cs1. The maximum absolute atomic E-state index is 11.9. The van der Waals surface area contributed by atoms with Gasteiger partial charge in [-0.25, -0.2) is 4.98 Å². The third kappa shape index (κ3) is 5.50. The van der Waals surface area contributed by atoms with Gasteiger partial charge in [0.2, 0.25) is 0 Å². The molecule has 0 bridgehead atoms. The van der Waals surface area contributed by atoms with E-state index in [4.69, 9.17) is 0 Å². The molecule has 6 heteroatoms. The fraction of sp³-hybridized carbons (Fsp3) is 0.727. The minimum atomic E-state index is -4.09. The molecule has 0 aliphatic rings. The first-order chi connectivity index (χ1) is 7.68. The molecule has 0 aliphatic carbocycles. The van der Waals surface area contributed by atoms with E-state index in [2.05, 4.69) is 31.1 Å². The highest BCUT2D eigenvalue weighted by molar-refractivity contribution is 7.09. The summed E-state index contributed by atoms with van der Waals surface area (Å²) in [7, 11) is 0. The van der Waals surface area contributed by atoms with Crippen LogP contribution in [0.15, 0.2) is 5.38 Å². The smallest absolute Gasteiger partial charge is 0.311 e. The summed E-state index contributed by atoms with van der Waals surface area (Å²) in [6.45, 7) is 6.51. The van der Waals surface area contributed by atoms with Crippen LogP contribution in [0, 0.1) is 0 Å². The third-order valence-electron chi connectivity index (χ3n) is 2.08. The zero-order chi connectivity index (χ0) is 13.1. The van der Waals surface area contributed by atoms with E-state index < -0.39 is 12.6 Å². The van der Waals surface area contributed by atoms with Crippen molar-refractivity contribution in [3.05, 3.63) is 16.1 Å². The fourth-order valence-corrected chi connectivity index (χ4v) is 2.09. The molecular weight excluding hydrogens is 249 g/mol. The second-order valence-corrected chi connectivity index (χ2v) is 5.79. The van der Waals surface area contributed by atoms with E-state index in [-0.39, 0.29) is 12.0 Å². The monoisotopic (exact) mass is 266 g/mol. The number of rotatable bonds is 4. The first-order valence-corrected chi connectivity index (χ1v) is 6.29. The van der Waals surface area contributed by atoms with E-state index in [1.807, 2.05) is 5.38 Å². The second kappa shape index (κ2) is 5.35. The average Bonchev–Trinajstić information content (AvgIpc) is 2.58. The Kier molecular flexibility index (Phi) is 4.55. The van der Waals surface area contributed by atoms with Gasteiger partial charge in [0.15, 0.2) is 0 Å². The van der Waals surface area contributed by atoms with Crippen molar-refractivity contribution in [2.75, 3.05) is 6.54 Å². The van der Waals surface area contributed by atoms with Gasteiger partial charge in [0.1, 0.15) is 0 Å². The van der Waals surface area contributed by atoms with Gasteiger partial charge in [0.25, 0.3) is 0 Å². The average molecular weight is 266 g/mol. The van der Waals surface area contributed by atoms with Crippen LogP contribution in [0.1, 0.15) is 37.9 Å². The Bertz CT molecular complexity index is 352. The predicted molar refractivity (Wildman–Crippen MR) is 63.2 cm³/mol. The van der Waals surface area contributed by atoms with Crippen LogP contribution in [-0.4, -0.2) is 17.7 Å². The first-order valence-electron chi connectivity index (χ1n) is 5.41. The molecule has 0 unspecified atom stereocenters. The summed E-state index contributed by atoms with van der Waals surface area (Å²) >= 11 is 1.55. The van der Waals surface area contributed by atoms with Crippen LogP contribution in [0.2, 0.25) is 0 Å². The van der Waals surface area contributed by atoms with Gasteiger partial charge in [-0.05, 0) is 0 Å². The molecule has 0 aliphatic heterocycles. The lowest BCUT2D eigenvalue weighted by molar-refractivity contribution is -0.133. The number of hydrogen-bond donors (Lipinski definition) is 1. The molecule has 98 valence electrons. The molecule has 1 aromatic heterocycles. The van der Waals surface area contributed by atoms with Crippen molar-refractivity contribution >= 4 is 11.3 Å². The summed E-state index contributed by atoms with van der Waals surface area (Å²) in [5, 5.41) is 5.64. The maximum atomic E-state index is 11.9. The van der Waals surface area contributed by atoms with Crippen molar-refractivity contribution in [3.8, 4) is 0 Å². The lowest BCUT2D eigenvalue weighted by atomic mass is 9.98. The van der Waals surface area contributed by atoms with Crippen LogP contribution >= 0.6 is 11.3 Å². The number of alkyl halides is 3. The summed E-state index contributed by atoms with van der Waals surface area (Å²) in [4.78, 5) is 4.39. The molecule has 0 saturated heterocycles. The molecular formula is C11H17F3N2S. The highest BCUT2D eigenvalue weighted by Crippen LogP contribution is 2.25. The summed E-state index contributed by atoms with van der Waals surface area (Å²) < 4.78 is 35.7. The van der Waals surface area contributed by atoms with Crippen molar-refractivity contribution in [3.63, 3.8) is 0 Å². The largest absolute Gasteiger partial charge is 0.390 e. The molecule has 1 heterocycles. The Balaban J connectivity index is 2.36. The molecule has 0 aromatic carbocycles. The van der Waals surface area contributed by atoms with E-state index in [0.717, 1.165) is 10.7 Å². The summed E-state index contributed by atoms with van der Waals surface area (Å²) in [6, 6.07) is 0. The van der Waals surface area contributed by atoms with E-state index in [1.165, 1.54) is 0 Å². The Morgan fingerprint density at radius 2 is 1.94 bits per heavy atom. The fourth-order valence-electron chi connectivity index (χ4n) is 1.18. The Morgan fingerprint density at radius 3 is 2.41 bits per heavy atom. The van der Waals surface area contributed by atoms with Crippen molar-refractivity contribution in [2.45, 2.75) is 45.3 Å². The van der Waals surface area contributed by atoms with Gasteiger partial charge in [-0.3, -0.25) is 0 Å². The minimum absolute atomic E-state index is 0.00507. The van der Waals surface area contributed by atoms with Gasteiger partial charge in [-0.1, -0.05) is 20.8 Å². The highest BCUT2D eigenvalue weighted by atomic mass is 32.1. The van der Waals surface area contributed by atoms with Crippen molar-refractivity contribution in [1.29, 1.82) is 0 Å². The maximum Gasteiger partial charge on any atom is 0.390 e. The minimum Gasteiger partial charge on any atom is -0.311 e. The molecule has 1 N–H and O–H groups in total. The van der Waals surface area contributed by atoms with E-state index in [1.54, 1.807) is 11.3 Å². The third-order valence-corrected chi connectivity index (χ3v) is 3.40. The van der Waals surface area contributed by atoms with E-state index in [9.17, 15) is 13.2 Å². The molecule has 0 radical (unpaired) electrons. The standard InChI is InChI=1S/C11H17F3N2S/c1-10(2,3)9-16-8(7-17-9)6-15-5-4-11(12,13)14/h7,15H,4-6H2,1-3H3. The Morgan fingerprint density at radius 1 is 1.29 bits per heavy atom. The topological polar surface area (TPSA) is 24.9 Å². The number of nitrogens with zero attached hydrogens (tertiary/aromatic N) is 1.